The topological polar surface area (TPSA) is 111 Å². The molecule has 0 saturated carbocycles. The third-order valence-corrected chi connectivity index (χ3v) is 5.32. The highest BCUT2D eigenvalue weighted by Gasteiger charge is 2.17. The first kappa shape index (κ1) is 19.7. The number of hydrogen-bond donors (Lipinski definition) is 2. The highest BCUT2D eigenvalue weighted by atomic mass is 35.5. The Balaban J connectivity index is 1.76. The molecule has 0 radical (unpaired) electrons. The smallest absolute Gasteiger partial charge is 0.341 e. The molecule has 1 aromatic heterocycles. The zero-order valence-corrected chi connectivity index (χ0v) is 16.0. The van der Waals surface area contributed by atoms with Gasteiger partial charge in [0.25, 0.3) is 10.0 Å². The fourth-order valence-electron chi connectivity index (χ4n) is 2.43. The largest absolute Gasteiger partial charge is 0.480 e. The van der Waals surface area contributed by atoms with Gasteiger partial charge in [-0.25, -0.2) is 13.2 Å². The van der Waals surface area contributed by atoms with Gasteiger partial charge in [0.2, 0.25) is 0 Å². The van der Waals surface area contributed by atoms with E-state index in [2.05, 4.69) is 9.82 Å². The van der Waals surface area contributed by atoms with E-state index >= 15 is 0 Å². The fourth-order valence-corrected chi connectivity index (χ4v) is 3.81. The van der Waals surface area contributed by atoms with Crippen LogP contribution in [0.15, 0.2) is 65.8 Å². The Morgan fingerprint density at radius 3 is 2.71 bits per heavy atom. The van der Waals surface area contributed by atoms with E-state index in [9.17, 15) is 13.2 Å². The van der Waals surface area contributed by atoms with Gasteiger partial charge in [0.1, 0.15) is 5.75 Å². The number of carboxylic acids is 1. The summed E-state index contributed by atoms with van der Waals surface area (Å²) in [6.07, 6.45) is 3.48. The van der Waals surface area contributed by atoms with Gasteiger partial charge in [-0.3, -0.25) is 9.40 Å². The Morgan fingerprint density at radius 1 is 1.21 bits per heavy atom. The molecule has 2 aromatic carbocycles. The molecule has 0 aliphatic carbocycles. The molecule has 0 bridgehead atoms. The molecule has 8 nitrogen and oxygen atoms in total. The Hall–Kier alpha value is -3.04. The normalized spacial score (nSPS) is 11.2. The molecule has 0 aliphatic rings. The fraction of sp³-hybridized carbons (Fsp3) is 0.111. The molecule has 3 aromatic rings. The number of aliphatic carboxylic acids is 1. The maximum absolute atomic E-state index is 12.6. The molecular formula is C18H16ClN3O5S. The molecule has 2 N–H and O–H groups in total. The summed E-state index contributed by atoms with van der Waals surface area (Å²) >= 11 is 6.01. The lowest BCUT2D eigenvalue weighted by Gasteiger charge is -2.11. The maximum atomic E-state index is 12.6. The SMILES string of the molecule is O=C(O)COc1ccc(S(=O)(=O)Nc2cccc(Cn3cccn3)c2)cc1Cl. The third kappa shape index (κ3) is 5.02. The zero-order chi connectivity index (χ0) is 20.1. The van der Waals surface area contributed by atoms with Gasteiger partial charge >= 0.3 is 5.97 Å². The van der Waals surface area contributed by atoms with Crippen molar-refractivity contribution in [2.45, 2.75) is 11.4 Å². The maximum Gasteiger partial charge on any atom is 0.341 e. The van der Waals surface area contributed by atoms with E-state index in [1.807, 2.05) is 12.3 Å². The predicted octanol–water partition coefficient (Wildman–Crippen LogP) is 2.85. The molecule has 3 rings (SSSR count). The van der Waals surface area contributed by atoms with Crippen molar-refractivity contribution >= 4 is 33.3 Å². The van der Waals surface area contributed by atoms with Crippen LogP contribution in [0.3, 0.4) is 0 Å². The number of rotatable bonds is 8. The lowest BCUT2D eigenvalue weighted by molar-refractivity contribution is -0.139. The van der Waals surface area contributed by atoms with Crippen LogP contribution >= 0.6 is 11.6 Å². The van der Waals surface area contributed by atoms with Gasteiger partial charge in [-0.1, -0.05) is 23.7 Å². The average molecular weight is 422 g/mol. The van der Waals surface area contributed by atoms with Crippen molar-refractivity contribution in [1.29, 1.82) is 0 Å². The van der Waals surface area contributed by atoms with Crippen molar-refractivity contribution in [1.82, 2.24) is 9.78 Å². The number of carboxylic acid groups (broad SMARTS) is 1. The first-order valence-corrected chi connectivity index (χ1v) is 9.93. The second-order valence-corrected chi connectivity index (χ2v) is 7.87. The van der Waals surface area contributed by atoms with E-state index in [1.165, 1.54) is 18.2 Å². The van der Waals surface area contributed by atoms with Crippen LogP contribution in [0.4, 0.5) is 5.69 Å². The van der Waals surface area contributed by atoms with Crippen LogP contribution < -0.4 is 9.46 Å². The molecule has 0 aliphatic heterocycles. The van der Waals surface area contributed by atoms with E-state index in [0.717, 1.165) is 5.56 Å². The second kappa shape index (κ2) is 8.32. The average Bonchev–Trinajstić information content (AvgIpc) is 3.13. The van der Waals surface area contributed by atoms with Crippen molar-refractivity contribution in [2.24, 2.45) is 0 Å². The number of hydrogen-bond acceptors (Lipinski definition) is 5. The van der Waals surface area contributed by atoms with Gasteiger partial charge in [-0.2, -0.15) is 5.10 Å². The van der Waals surface area contributed by atoms with Crippen LogP contribution in [0.1, 0.15) is 5.56 Å². The molecule has 28 heavy (non-hydrogen) atoms. The molecule has 0 amide bonds. The van der Waals surface area contributed by atoms with Crippen molar-refractivity contribution < 1.29 is 23.1 Å². The van der Waals surface area contributed by atoms with Crippen molar-refractivity contribution in [2.75, 3.05) is 11.3 Å². The highest BCUT2D eigenvalue weighted by Crippen LogP contribution is 2.28. The van der Waals surface area contributed by atoms with Gasteiger partial charge in [-0.05, 0) is 42.0 Å². The monoisotopic (exact) mass is 421 g/mol. The number of sulfonamides is 1. The Kier molecular flexibility index (Phi) is 5.86. The molecule has 0 atom stereocenters. The minimum atomic E-state index is -3.89. The summed E-state index contributed by atoms with van der Waals surface area (Å²) in [6.45, 7) is -0.0723. The molecule has 146 valence electrons. The summed E-state index contributed by atoms with van der Waals surface area (Å²) < 4.78 is 34.5. The Bertz CT molecular complexity index is 1080. The lowest BCUT2D eigenvalue weighted by atomic mass is 10.2. The Morgan fingerprint density at radius 2 is 2.04 bits per heavy atom. The lowest BCUT2D eigenvalue weighted by Crippen LogP contribution is -2.14. The minimum Gasteiger partial charge on any atom is -0.480 e. The van der Waals surface area contributed by atoms with Crippen molar-refractivity contribution in [3.8, 4) is 5.75 Å². The molecule has 0 unspecified atom stereocenters. The quantitative estimate of drug-likeness (QED) is 0.578. The van der Waals surface area contributed by atoms with Gasteiger partial charge in [0, 0.05) is 18.1 Å². The number of carbonyl (C=O) groups is 1. The van der Waals surface area contributed by atoms with Crippen molar-refractivity contribution in [3.05, 3.63) is 71.5 Å². The summed E-state index contributed by atoms with van der Waals surface area (Å²) in [5.41, 5.74) is 1.27. The third-order valence-electron chi connectivity index (χ3n) is 3.65. The first-order valence-electron chi connectivity index (χ1n) is 8.07. The Labute approximate surface area is 166 Å². The van der Waals surface area contributed by atoms with Crippen LogP contribution in [0.5, 0.6) is 5.75 Å². The van der Waals surface area contributed by atoms with Gasteiger partial charge in [0.05, 0.1) is 16.5 Å². The van der Waals surface area contributed by atoms with Gasteiger partial charge in [0.15, 0.2) is 6.61 Å². The second-order valence-electron chi connectivity index (χ2n) is 5.78. The predicted molar refractivity (Wildman–Crippen MR) is 103 cm³/mol. The summed E-state index contributed by atoms with van der Waals surface area (Å²) in [4.78, 5) is 10.5. The van der Waals surface area contributed by atoms with Crippen LogP contribution in [-0.4, -0.2) is 35.9 Å². The van der Waals surface area contributed by atoms with Crippen LogP contribution in [0, 0.1) is 0 Å². The molecule has 1 heterocycles. The zero-order valence-electron chi connectivity index (χ0n) is 14.4. The van der Waals surface area contributed by atoms with E-state index < -0.39 is 22.6 Å². The van der Waals surface area contributed by atoms with E-state index in [4.69, 9.17) is 21.4 Å². The van der Waals surface area contributed by atoms with E-state index in [0.29, 0.717) is 12.2 Å². The summed E-state index contributed by atoms with van der Waals surface area (Å²) in [6, 6.07) is 12.6. The molecule has 0 fully saturated rings. The standard InChI is InChI=1S/C18H16ClN3O5S/c19-16-10-15(5-6-17(16)27-12-18(23)24)28(25,26)21-14-4-1-3-13(9-14)11-22-8-2-7-20-22/h1-10,21H,11-12H2,(H,23,24). The first-order chi connectivity index (χ1) is 13.3. The number of benzene rings is 2. The number of halogens is 1. The number of nitrogens with one attached hydrogen (secondary N) is 1. The molecular weight excluding hydrogens is 406 g/mol. The van der Waals surface area contributed by atoms with E-state index in [-0.39, 0.29) is 15.7 Å². The van der Waals surface area contributed by atoms with Crippen LogP contribution in [0.2, 0.25) is 5.02 Å². The van der Waals surface area contributed by atoms with Crippen molar-refractivity contribution in [3.63, 3.8) is 0 Å². The van der Waals surface area contributed by atoms with Gasteiger partial charge < -0.3 is 9.84 Å². The highest BCUT2D eigenvalue weighted by molar-refractivity contribution is 7.92. The number of ether oxygens (including phenoxy) is 1. The summed E-state index contributed by atoms with van der Waals surface area (Å²) in [5.74, 6) is -1.08. The molecule has 0 saturated heterocycles. The van der Waals surface area contributed by atoms with Gasteiger partial charge in [-0.15, -0.1) is 0 Å². The summed E-state index contributed by atoms with van der Waals surface area (Å²) in [7, 11) is -3.89. The number of aromatic nitrogens is 2. The van der Waals surface area contributed by atoms with Crippen LogP contribution in [-0.2, 0) is 21.4 Å². The number of nitrogens with zero attached hydrogens (tertiary/aromatic N) is 2. The minimum absolute atomic E-state index is 0.00319. The summed E-state index contributed by atoms with van der Waals surface area (Å²) in [5, 5.41) is 12.8. The molecule has 10 heteroatoms. The van der Waals surface area contributed by atoms with E-state index in [1.54, 1.807) is 35.1 Å². The number of anilines is 1. The van der Waals surface area contributed by atoms with Crippen LogP contribution in [0.25, 0.3) is 0 Å². The molecule has 0 spiro atoms.